The summed E-state index contributed by atoms with van der Waals surface area (Å²) in [5, 5.41) is 0. The predicted molar refractivity (Wildman–Crippen MR) is 79.3 cm³/mol. The van der Waals surface area contributed by atoms with Crippen molar-refractivity contribution >= 4 is 17.8 Å². The molecule has 1 heterocycles. The molecule has 0 saturated carbocycles. The van der Waals surface area contributed by atoms with Crippen molar-refractivity contribution < 1.29 is 14.4 Å². The molecule has 1 fully saturated rings. The van der Waals surface area contributed by atoms with E-state index in [1.54, 1.807) is 6.08 Å². The summed E-state index contributed by atoms with van der Waals surface area (Å²) in [7, 11) is 2.78. The molecular formula is C16H20N2O3. The number of hydrogen-bond acceptors (Lipinski definition) is 3. The minimum atomic E-state index is -0.600. The van der Waals surface area contributed by atoms with E-state index in [0.717, 1.165) is 21.8 Å². The molecule has 0 bridgehead atoms. The van der Waals surface area contributed by atoms with Crippen LogP contribution in [0.5, 0.6) is 0 Å². The number of carbonyl (C=O) groups excluding carboxylic acids is 3. The standard InChI is InChI=1S/C16H20N2O3/c1-6-10-7-11(9-16(2,3)8-10)12-13(19)17(4)15(21)18(5)14(12)20/h6-7H,1,8-9H2,2-5H3. The molecule has 4 amide bonds. The molecule has 2 rings (SSSR count). The second-order valence-electron chi connectivity index (χ2n) is 6.35. The SMILES string of the molecule is C=CC1=CC(=C2C(=O)N(C)C(=O)N(C)C2=O)CC(C)(C)C1. The molecule has 2 aliphatic rings. The molecule has 0 spiro atoms. The third kappa shape index (κ3) is 2.55. The van der Waals surface area contributed by atoms with E-state index in [1.165, 1.54) is 14.1 Å². The van der Waals surface area contributed by atoms with Crippen molar-refractivity contribution in [1.29, 1.82) is 0 Å². The van der Waals surface area contributed by atoms with Crippen LogP contribution in [0.15, 0.2) is 35.5 Å². The fourth-order valence-electron chi connectivity index (χ4n) is 2.85. The van der Waals surface area contributed by atoms with Crippen molar-refractivity contribution in [1.82, 2.24) is 9.80 Å². The summed E-state index contributed by atoms with van der Waals surface area (Å²) < 4.78 is 0. The number of urea groups is 1. The Kier molecular flexibility index (Phi) is 3.61. The lowest BCUT2D eigenvalue weighted by molar-refractivity contribution is -0.134. The highest BCUT2D eigenvalue weighted by Crippen LogP contribution is 2.40. The van der Waals surface area contributed by atoms with Gasteiger partial charge in [-0.05, 0) is 29.4 Å². The number of rotatable bonds is 1. The first-order valence-electron chi connectivity index (χ1n) is 6.84. The monoisotopic (exact) mass is 288 g/mol. The molecule has 1 saturated heterocycles. The smallest absolute Gasteiger partial charge is 0.268 e. The molecule has 1 aliphatic carbocycles. The van der Waals surface area contributed by atoms with Crippen LogP contribution in [0, 0.1) is 5.41 Å². The average Bonchev–Trinajstić information content (AvgIpc) is 2.41. The van der Waals surface area contributed by atoms with Crippen molar-refractivity contribution in [2.45, 2.75) is 26.7 Å². The summed E-state index contributed by atoms with van der Waals surface area (Å²) in [6.45, 7) is 7.94. The van der Waals surface area contributed by atoms with Gasteiger partial charge >= 0.3 is 6.03 Å². The number of likely N-dealkylation sites (N-methyl/N-ethyl adjacent to an activating group) is 2. The molecule has 5 heteroatoms. The molecule has 112 valence electrons. The summed E-state index contributed by atoms with van der Waals surface area (Å²) in [4.78, 5) is 38.4. The first kappa shape index (κ1) is 15.2. The van der Waals surface area contributed by atoms with Gasteiger partial charge in [-0.3, -0.25) is 19.4 Å². The predicted octanol–water partition coefficient (Wildman–Crippen LogP) is 2.27. The minimum absolute atomic E-state index is 0.0558. The van der Waals surface area contributed by atoms with Gasteiger partial charge in [-0.2, -0.15) is 0 Å². The molecule has 0 atom stereocenters. The van der Waals surface area contributed by atoms with E-state index in [4.69, 9.17) is 0 Å². The van der Waals surface area contributed by atoms with E-state index in [-0.39, 0.29) is 11.0 Å². The summed E-state index contributed by atoms with van der Waals surface area (Å²) >= 11 is 0. The van der Waals surface area contributed by atoms with E-state index in [0.29, 0.717) is 12.0 Å². The fraction of sp³-hybridized carbons (Fsp3) is 0.438. The fourth-order valence-corrected chi connectivity index (χ4v) is 2.85. The third-order valence-electron chi connectivity index (χ3n) is 3.91. The molecule has 1 aliphatic heterocycles. The van der Waals surface area contributed by atoms with Crippen molar-refractivity contribution in [2.75, 3.05) is 14.1 Å². The number of nitrogens with zero attached hydrogens (tertiary/aromatic N) is 2. The van der Waals surface area contributed by atoms with Gasteiger partial charge in [0.1, 0.15) is 5.57 Å². The largest absolute Gasteiger partial charge is 0.333 e. The number of amides is 4. The zero-order valence-electron chi connectivity index (χ0n) is 12.9. The summed E-state index contributed by atoms with van der Waals surface area (Å²) in [6, 6.07) is -0.600. The number of allylic oxidation sites excluding steroid dienone is 4. The Morgan fingerprint density at radius 3 is 2.10 bits per heavy atom. The van der Waals surface area contributed by atoms with Crippen LogP contribution in [0.3, 0.4) is 0 Å². The highest BCUT2D eigenvalue weighted by atomic mass is 16.2. The van der Waals surface area contributed by atoms with Gasteiger partial charge in [-0.1, -0.05) is 32.6 Å². The number of hydrogen-bond donors (Lipinski definition) is 0. The van der Waals surface area contributed by atoms with E-state index in [9.17, 15) is 14.4 Å². The Morgan fingerprint density at radius 2 is 1.62 bits per heavy atom. The second-order valence-corrected chi connectivity index (χ2v) is 6.35. The van der Waals surface area contributed by atoms with Crippen LogP contribution in [0.25, 0.3) is 0 Å². The van der Waals surface area contributed by atoms with Gasteiger partial charge in [0.25, 0.3) is 11.8 Å². The zero-order valence-corrected chi connectivity index (χ0v) is 12.9. The summed E-state index contributed by atoms with van der Waals surface area (Å²) in [5.74, 6) is -1.06. The quantitative estimate of drug-likeness (QED) is 0.549. The molecule has 0 aromatic carbocycles. The maximum absolute atomic E-state index is 12.3. The molecule has 0 aromatic rings. The average molecular weight is 288 g/mol. The highest BCUT2D eigenvalue weighted by molar-refractivity contribution is 6.29. The van der Waals surface area contributed by atoms with Crippen molar-refractivity contribution in [3.63, 3.8) is 0 Å². The van der Waals surface area contributed by atoms with Crippen LogP contribution in [-0.2, 0) is 9.59 Å². The maximum atomic E-state index is 12.3. The van der Waals surface area contributed by atoms with Gasteiger partial charge < -0.3 is 0 Å². The van der Waals surface area contributed by atoms with Gasteiger partial charge in [-0.15, -0.1) is 0 Å². The van der Waals surface area contributed by atoms with Crippen LogP contribution < -0.4 is 0 Å². The van der Waals surface area contributed by atoms with Crippen LogP contribution in [0.2, 0.25) is 0 Å². The van der Waals surface area contributed by atoms with Gasteiger partial charge in [-0.25, -0.2) is 4.79 Å². The summed E-state index contributed by atoms with van der Waals surface area (Å²) in [5.41, 5.74) is 1.71. The Bertz CT molecular complexity index is 585. The Morgan fingerprint density at radius 1 is 1.10 bits per heavy atom. The molecule has 0 unspecified atom stereocenters. The molecular weight excluding hydrogens is 268 g/mol. The minimum Gasteiger partial charge on any atom is -0.268 e. The first-order valence-corrected chi connectivity index (χ1v) is 6.84. The molecule has 21 heavy (non-hydrogen) atoms. The highest BCUT2D eigenvalue weighted by Gasteiger charge is 2.40. The lowest BCUT2D eigenvalue weighted by Crippen LogP contribution is -2.53. The Labute approximate surface area is 124 Å². The molecule has 5 nitrogen and oxygen atoms in total. The third-order valence-corrected chi connectivity index (χ3v) is 3.91. The lowest BCUT2D eigenvalue weighted by atomic mass is 9.74. The van der Waals surface area contributed by atoms with Gasteiger partial charge in [0.2, 0.25) is 0 Å². The van der Waals surface area contributed by atoms with Crippen molar-refractivity contribution in [3.05, 3.63) is 35.5 Å². The molecule has 0 radical (unpaired) electrons. The molecule has 0 aromatic heterocycles. The van der Waals surface area contributed by atoms with Crippen LogP contribution in [0.1, 0.15) is 26.7 Å². The van der Waals surface area contributed by atoms with Gasteiger partial charge in [0.15, 0.2) is 0 Å². The topological polar surface area (TPSA) is 57.7 Å². The first-order chi connectivity index (χ1) is 9.68. The van der Waals surface area contributed by atoms with E-state index in [1.807, 2.05) is 6.08 Å². The van der Waals surface area contributed by atoms with Crippen molar-refractivity contribution in [2.24, 2.45) is 5.41 Å². The normalized spacial score (nSPS) is 22.7. The van der Waals surface area contributed by atoms with Crippen molar-refractivity contribution in [3.8, 4) is 0 Å². The number of barbiturate groups is 1. The van der Waals surface area contributed by atoms with E-state index < -0.39 is 17.8 Å². The lowest BCUT2D eigenvalue weighted by Gasteiger charge is -2.34. The molecule has 0 N–H and O–H groups in total. The van der Waals surface area contributed by atoms with E-state index in [2.05, 4.69) is 20.4 Å². The van der Waals surface area contributed by atoms with Crippen LogP contribution in [0.4, 0.5) is 4.79 Å². The van der Waals surface area contributed by atoms with Crippen LogP contribution in [-0.4, -0.2) is 41.7 Å². The van der Waals surface area contributed by atoms with E-state index >= 15 is 0 Å². The zero-order chi connectivity index (χ0) is 15.9. The van der Waals surface area contributed by atoms with Gasteiger partial charge in [0.05, 0.1) is 0 Å². The summed E-state index contributed by atoms with van der Waals surface area (Å²) in [6.07, 6.45) is 5.06. The van der Waals surface area contributed by atoms with Crippen LogP contribution >= 0.6 is 0 Å². The second kappa shape index (κ2) is 4.98. The number of imide groups is 2. The Hall–Kier alpha value is -2.17. The number of carbonyl (C=O) groups is 3. The maximum Gasteiger partial charge on any atom is 0.333 e. The van der Waals surface area contributed by atoms with Gasteiger partial charge in [0, 0.05) is 14.1 Å². The Balaban J connectivity index is 2.60.